The maximum absolute atomic E-state index is 12.5. The van der Waals surface area contributed by atoms with Gasteiger partial charge in [-0.15, -0.1) is 0 Å². The van der Waals surface area contributed by atoms with Crippen LogP contribution in [0.25, 0.3) is 22.2 Å². The van der Waals surface area contributed by atoms with E-state index in [2.05, 4.69) is 9.97 Å². The summed E-state index contributed by atoms with van der Waals surface area (Å²) in [5, 5.41) is 11.3. The van der Waals surface area contributed by atoms with Crippen LogP contribution >= 0.6 is 0 Å². The van der Waals surface area contributed by atoms with Crippen molar-refractivity contribution in [1.82, 2.24) is 9.97 Å². The minimum Gasteiger partial charge on any atom is -0.506 e. The second-order valence-electron chi connectivity index (χ2n) is 5.21. The number of methoxy groups -OCH3 is 1. The Morgan fingerprint density at radius 3 is 2.78 bits per heavy atom. The number of Topliss-reactive ketones (excluding diaryl/α,β-unsaturated/α-hetero) is 1. The van der Waals surface area contributed by atoms with Crippen LogP contribution in [-0.4, -0.2) is 28.0 Å². The number of ether oxygens (including phenoxy) is 1. The predicted octanol–water partition coefficient (Wildman–Crippen LogP) is 3.26. The molecule has 0 radical (unpaired) electrons. The molecule has 0 aliphatic heterocycles. The first-order valence-electron chi connectivity index (χ1n) is 7.07. The Morgan fingerprint density at radius 2 is 2.00 bits per heavy atom. The summed E-state index contributed by atoms with van der Waals surface area (Å²) in [4.78, 5) is 21.1. The largest absolute Gasteiger partial charge is 0.506 e. The highest BCUT2D eigenvalue weighted by atomic mass is 16.5. The third-order valence-corrected chi connectivity index (χ3v) is 3.89. The van der Waals surface area contributed by atoms with Gasteiger partial charge in [-0.05, 0) is 36.4 Å². The van der Waals surface area contributed by atoms with Crippen LogP contribution in [0.4, 0.5) is 0 Å². The number of benzene rings is 1. The number of rotatable bonds is 2. The van der Waals surface area contributed by atoms with Crippen LogP contribution in [0.5, 0.6) is 5.75 Å². The minimum atomic E-state index is -0.307. The van der Waals surface area contributed by atoms with Crippen LogP contribution in [0.2, 0.25) is 0 Å². The Balaban J connectivity index is 1.87. The van der Waals surface area contributed by atoms with Crippen LogP contribution in [0, 0.1) is 0 Å². The summed E-state index contributed by atoms with van der Waals surface area (Å²) in [7, 11) is 1.60. The highest BCUT2D eigenvalue weighted by molar-refractivity contribution is 6.37. The molecule has 0 saturated heterocycles. The van der Waals surface area contributed by atoms with Gasteiger partial charge in [-0.25, -0.2) is 4.98 Å². The molecule has 1 aliphatic carbocycles. The van der Waals surface area contributed by atoms with Crippen molar-refractivity contribution in [3.63, 3.8) is 0 Å². The maximum Gasteiger partial charge on any atom is 0.218 e. The van der Waals surface area contributed by atoms with Crippen LogP contribution in [0.1, 0.15) is 21.7 Å². The van der Waals surface area contributed by atoms with Gasteiger partial charge in [0.15, 0.2) is 0 Å². The molecule has 0 atom stereocenters. The number of hydrogen-bond acceptors (Lipinski definition) is 5. The molecule has 2 heterocycles. The summed E-state index contributed by atoms with van der Waals surface area (Å²) in [5.41, 5.74) is 2.06. The summed E-state index contributed by atoms with van der Waals surface area (Å²) in [6.07, 6.45) is 1.53. The summed E-state index contributed by atoms with van der Waals surface area (Å²) < 4.78 is 5.19. The van der Waals surface area contributed by atoms with Crippen molar-refractivity contribution in [1.29, 1.82) is 0 Å². The number of hydrogen-bond donors (Lipinski definition) is 1. The van der Waals surface area contributed by atoms with Crippen LogP contribution in [-0.2, 0) is 0 Å². The van der Waals surface area contributed by atoms with Crippen molar-refractivity contribution in [3.05, 3.63) is 65.6 Å². The van der Waals surface area contributed by atoms with E-state index in [1.165, 1.54) is 6.20 Å². The van der Waals surface area contributed by atoms with E-state index >= 15 is 0 Å². The molecule has 0 amide bonds. The standard InChI is InChI=1S/C18H12N2O3/c1-23-11-5-7-13-10(9-11)4-6-14(20-13)15-17(21)12-3-2-8-19-16(12)18(15)22/h2-9,21H,1H3. The fourth-order valence-corrected chi connectivity index (χ4v) is 2.75. The predicted molar refractivity (Wildman–Crippen MR) is 86.3 cm³/mol. The first kappa shape index (κ1) is 13.5. The van der Waals surface area contributed by atoms with E-state index in [-0.39, 0.29) is 22.8 Å². The molecule has 2 aromatic heterocycles. The highest BCUT2D eigenvalue weighted by Crippen LogP contribution is 2.35. The van der Waals surface area contributed by atoms with Gasteiger partial charge in [0.2, 0.25) is 5.78 Å². The number of aromatic nitrogens is 2. The SMILES string of the molecule is COc1ccc2nc(C3=C(O)c4cccnc4C3=O)ccc2c1. The molecule has 1 aromatic carbocycles. The molecule has 0 bridgehead atoms. The third-order valence-electron chi connectivity index (χ3n) is 3.89. The molecule has 112 valence electrons. The summed E-state index contributed by atoms with van der Waals surface area (Å²) in [6.45, 7) is 0. The number of carbonyl (C=O) groups excluding carboxylic acids is 1. The number of nitrogens with zero attached hydrogens (tertiary/aromatic N) is 2. The molecule has 4 rings (SSSR count). The van der Waals surface area contributed by atoms with E-state index in [4.69, 9.17) is 4.74 Å². The number of aliphatic hydroxyl groups excluding tert-OH is 1. The molecule has 1 N–H and O–H groups in total. The fraction of sp³-hybridized carbons (Fsp3) is 0.0556. The molecule has 1 aliphatic rings. The number of fused-ring (bicyclic) bond motifs is 2. The fourth-order valence-electron chi connectivity index (χ4n) is 2.75. The molecule has 5 nitrogen and oxygen atoms in total. The van der Waals surface area contributed by atoms with E-state index < -0.39 is 0 Å². The number of allylic oxidation sites excluding steroid dienone is 1. The van der Waals surface area contributed by atoms with E-state index in [1.807, 2.05) is 18.2 Å². The van der Waals surface area contributed by atoms with Crippen molar-refractivity contribution >= 4 is 28.0 Å². The van der Waals surface area contributed by atoms with Gasteiger partial charge in [0.05, 0.1) is 23.9 Å². The average Bonchev–Trinajstić information content (AvgIpc) is 2.85. The van der Waals surface area contributed by atoms with Gasteiger partial charge in [0, 0.05) is 17.1 Å². The Hall–Kier alpha value is -3.21. The molecule has 0 saturated carbocycles. The Morgan fingerprint density at radius 1 is 1.13 bits per heavy atom. The molecule has 23 heavy (non-hydrogen) atoms. The highest BCUT2D eigenvalue weighted by Gasteiger charge is 2.32. The minimum absolute atomic E-state index is 0.0709. The van der Waals surface area contributed by atoms with Gasteiger partial charge in [-0.1, -0.05) is 6.07 Å². The lowest BCUT2D eigenvalue weighted by molar-refractivity contribution is 0.105. The summed E-state index contributed by atoms with van der Waals surface area (Å²) in [5.74, 6) is 0.361. The van der Waals surface area contributed by atoms with Crippen molar-refractivity contribution < 1.29 is 14.6 Å². The molecule has 5 heteroatoms. The number of carbonyl (C=O) groups is 1. The van der Waals surface area contributed by atoms with Crippen LogP contribution in [0.3, 0.4) is 0 Å². The topological polar surface area (TPSA) is 72.3 Å². The smallest absolute Gasteiger partial charge is 0.218 e. The van der Waals surface area contributed by atoms with E-state index in [9.17, 15) is 9.90 Å². The lowest BCUT2D eigenvalue weighted by atomic mass is 10.1. The normalized spacial score (nSPS) is 13.5. The molecular formula is C18H12N2O3. The van der Waals surface area contributed by atoms with Crippen molar-refractivity contribution in [3.8, 4) is 5.75 Å². The first-order valence-corrected chi connectivity index (χ1v) is 7.07. The van der Waals surface area contributed by atoms with Gasteiger partial charge in [-0.2, -0.15) is 0 Å². The third kappa shape index (κ3) is 1.97. The van der Waals surface area contributed by atoms with Gasteiger partial charge in [0.25, 0.3) is 0 Å². The Kier molecular flexibility index (Phi) is 2.87. The zero-order valence-corrected chi connectivity index (χ0v) is 12.3. The Labute approximate surface area is 131 Å². The molecular weight excluding hydrogens is 292 g/mol. The van der Waals surface area contributed by atoms with Gasteiger partial charge >= 0.3 is 0 Å². The van der Waals surface area contributed by atoms with Gasteiger partial charge in [0.1, 0.15) is 17.2 Å². The number of ketones is 1. The summed E-state index contributed by atoms with van der Waals surface area (Å²) in [6, 6.07) is 12.4. The molecule has 0 unspecified atom stereocenters. The van der Waals surface area contributed by atoms with Crippen molar-refractivity contribution in [2.24, 2.45) is 0 Å². The number of pyridine rings is 2. The van der Waals surface area contributed by atoms with Crippen molar-refractivity contribution in [2.45, 2.75) is 0 Å². The first-order chi connectivity index (χ1) is 11.2. The molecule has 0 spiro atoms. The lowest BCUT2D eigenvalue weighted by Crippen LogP contribution is -2.02. The number of aliphatic hydroxyl groups is 1. The average molecular weight is 304 g/mol. The molecule has 3 aromatic rings. The monoisotopic (exact) mass is 304 g/mol. The second-order valence-corrected chi connectivity index (χ2v) is 5.21. The zero-order valence-electron chi connectivity index (χ0n) is 12.3. The van der Waals surface area contributed by atoms with Gasteiger partial charge in [-0.3, -0.25) is 9.78 Å². The lowest BCUT2D eigenvalue weighted by Gasteiger charge is -2.05. The van der Waals surface area contributed by atoms with E-state index in [1.54, 1.807) is 31.4 Å². The Bertz CT molecular complexity index is 992. The van der Waals surface area contributed by atoms with E-state index in [0.29, 0.717) is 11.3 Å². The quantitative estimate of drug-likeness (QED) is 0.786. The van der Waals surface area contributed by atoms with E-state index in [0.717, 1.165) is 16.7 Å². The zero-order chi connectivity index (χ0) is 16.0. The van der Waals surface area contributed by atoms with Crippen molar-refractivity contribution in [2.75, 3.05) is 7.11 Å². The second kappa shape index (κ2) is 4.91. The van der Waals surface area contributed by atoms with Crippen LogP contribution < -0.4 is 4.74 Å². The van der Waals surface area contributed by atoms with Crippen LogP contribution in [0.15, 0.2) is 48.7 Å². The maximum atomic E-state index is 12.5. The molecule has 0 fully saturated rings. The summed E-state index contributed by atoms with van der Waals surface area (Å²) >= 11 is 0. The van der Waals surface area contributed by atoms with Gasteiger partial charge < -0.3 is 9.84 Å².